The third-order valence-electron chi connectivity index (χ3n) is 4.70. The molecular weight excluding hydrogens is 312 g/mol. The van der Waals surface area contributed by atoms with E-state index in [1.54, 1.807) is 12.3 Å². The molecule has 0 bridgehead atoms. The largest absolute Gasteiger partial charge is 0.545 e. The number of fused-ring (bicyclic) bond motifs is 3. The molecule has 1 aromatic heterocycles. The van der Waals surface area contributed by atoms with Gasteiger partial charge in [-0.2, -0.15) is 0 Å². The Bertz CT molecular complexity index is 804. The highest BCUT2D eigenvalue weighted by Crippen LogP contribution is 2.52. The van der Waals surface area contributed by atoms with Crippen LogP contribution in [0.4, 0.5) is 5.69 Å². The summed E-state index contributed by atoms with van der Waals surface area (Å²) in [7, 11) is 0. The average molecular weight is 326 g/mol. The Morgan fingerprint density at radius 1 is 1.30 bits per heavy atom. The maximum Gasteiger partial charge on any atom is 0.0725 e. The lowest BCUT2D eigenvalue weighted by Gasteiger charge is -2.38. The summed E-state index contributed by atoms with van der Waals surface area (Å²) in [4.78, 5) is 16.0. The van der Waals surface area contributed by atoms with E-state index in [0.717, 1.165) is 17.7 Å². The Morgan fingerprint density at radius 3 is 2.91 bits per heavy atom. The number of rotatable bonds is 2. The van der Waals surface area contributed by atoms with Crippen molar-refractivity contribution in [2.24, 2.45) is 5.92 Å². The van der Waals surface area contributed by atoms with Crippen molar-refractivity contribution in [3.05, 3.63) is 70.5 Å². The van der Waals surface area contributed by atoms with Crippen LogP contribution in [-0.4, -0.2) is 11.0 Å². The number of halogens is 1. The monoisotopic (exact) mass is 325 g/mol. The molecule has 0 amide bonds. The SMILES string of the molecule is O=C([O-])c1ccc(Cl)c2c1[C@@H]1C=CC[C@@H]1[C@@H](c1ccccn1)N2. The highest BCUT2D eigenvalue weighted by molar-refractivity contribution is 6.33. The molecule has 2 aliphatic rings. The molecule has 3 atom stereocenters. The Hall–Kier alpha value is -2.33. The molecule has 1 aliphatic heterocycles. The maximum absolute atomic E-state index is 11.5. The maximum atomic E-state index is 11.5. The van der Waals surface area contributed by atoms with E-state index in [1.807, 2.05) is 18.2 Å². The lowest BCUT2D eigenvalue weighted by Crippen LogP contribution is -2.33. The van der Waals surface area contributed by atoms with Gasteiger partial charge in [-0.05, 0) is 36.1 Å². The Kier molecular flexibility index (Phi) is 3.34. The molecule has 1 aliphatic carbocycles. The summed E-state index contributed by atoms with van der Waals surface area (Å²) in [5, 5.41) is 15.4. The number of pyridine rings is 1. The molecular formula is C18H14ClN2O2-. The summed E-state index contributed by atoms with van der Waals surface area (Å²) >= 11 is 6.34. The topological polar surface area (TPSA) is 65.0 Å². The van der Waals surface area contributed by atoms with Crippen LogP contribution >= 0.6 is 11.6 Å². The highest BCUT2D eigenvalue weighted by Gasteiger charge is 2.40. The first-order valence-electron chi connectivity index (χ1n) is 7.54. The van der Waals surface area contributed by atoms with Gasteiger partial charge in [-0.1, -0.05) is 35.9 Å². The van der Waals surface area contributed by atoms with Crippen molar-refractivity contribution in [2.75, 3.05) is 5.32 Å². The predicted octanol–water partition coefficient (Wildman–Crippen LogP) is 2.92. The summed E-state index contributed by atoms with van der Waals surface area (Å²) in [6, 6.07) is 8.95. The van der Waals surface area contributed by atoms with Gasteiger partial charge in [-0.15, -0.1) is 0 Å². The third kappa shape index (κ3) is 2.21. The van der Waals surface area contributed by atoms with Gasteiger partial charge in [0.25, 0.3) is 0 Å². The van der Waals surface area contributed by atoms with E-state index in [1.165, 1.54) is 6.07 Å². The lowest BCUT2D eigenvalue weighted by atomic mass is 9.76. The minimum absolute atomic E-state index is 0.00166. The highest BCUT2D eigenvalue weighted by atomic mass is 35.5. The van der Waals surface area contributed by atoms with Gasteiger partial charge in [0.05, 0.1) is 28.4 Å². The minimum atomic E-state index is -1.17. The first kappa shape index (κ1) is 14.3. The van der Waals surface area contributed by atoms with Crippen LogP contribution in [0.1, 0.15) is 40.0 Å². The number of benzene rings is 1. The molecule has 0 saturated carbocycles. The van der Waals surface area contributed by atoms with Gasteiger partial charge in [0.1, 0.15) is 0 Å². The van der Waals surface area contributed by atoms with Gasteiger partial charge >= 0.3 is 0 Å². The van der Waals surface area contributed by atoms with Crippen LogP contribution in [0.5, 0.6) is 0 Å². The summed E-state index contributed by atoms with van der Waals surface area (Å²) < 4.78 is 0. The van der Waals surface area contributed by atoms with Crippen LogP contribution in [0.15, 0.2) is 48.7 Å². The van der Waals surface area contributed by atoms with E-state index in [-0.39, 0.29) is 23.4 Å². The second-order valence-electron chi connectivity index (χ2n) is 5.90. The van der Waals surface area contributed by atoms with Crippen molar-refractivity contribution < 1.29 is 9.90 Å². The van der Waals surface area contributed by atoms with E-state index in [2.05, 4.69) is 22.5 Å². The van der Waals surface area contributed by atoms with Crippen molar-refractivity contribution >= 4 is 23.3 Å². The normalized spacial score (nSPS) is 24.7. The quantitative estimate of drug-likeness (QED) is 0.862. The van der Waals surface area contributed by atoms with Crippen molar-refractivity contribution in [1.29, 1.82) is 0 Å². The Labute approximate surface area is 138 Å². The van der Waals surface area contributed by atoms with Gasteiger partial charge in [-0.25, -0.2) is 0 Å². The van der Waals surface area contributed by atoms with Gasteiger partial charge in [-0.3, -0.25) is 4.98 Å². The van der Waals surface area contributed by atoms with E-state index >= 15 is 0 Å². The third-order valence-corrected chi connectivity index (χ3v) is 5.01. The van der Waals surface area contributed by atoms with Gasteiger partial charge in [0.2, 0.25) is 0 Å². The number of hydrogen-bond donors (Lipinski definition) is 1. The number of carboxylic acids is 1. The number of aromatic nitrogens is 1. The number of carboxylic acid groups (broad SMARTS) is 1. The molecule has 1 N–H and O–H groups in total. The van der Waals surface area contributed by atoms with E-state index in [9.17, 15) is 9.90 Å². The predicted molar refractivity (Wildman–Crippen MR) is 86.4 cm³/mol. The van der Waals surface area contributed by atoms with E-state index < -0.39 is 5.97 Å². The van der Waals surface area contributed by atoms with Crippen molar-refractivity contribution in [3.63, 3.8) is 0 Å². The number of carbonyl (C=O) groups is 1. The zero-order valence-electron chi connectivity index (χ0n) is 12.2. The molecule has 4 rings (SSSR count). The number of anilines is 1. The summed E-state index contributed by atoms with van der Waals surface area (Å²) in [6.07, 6.45) is 6.81. The van der Waals surface area contributed by atoms with Crippen molar-refractivity contribution in [2.45, 2.75) is 18.4 Å². The minimum Gasteiger partial charge on any atom is -0.545 e. The molecule has 5 heteroatoms. The molecule has 4 nitrogen and oxygen atoms in total. The molecule has 0 radical (unpaired) electrons. The van der Waals surface area contributed by atoms with Crippen LogP contribution in [-0.2, 0) is 0 Å². The van der Waals surface area contributed by atoms with Gasteiger partial charge in [0.15, 0.2) is 0 Å². The van der Waals surface area contributed by atoms with E-state index in [0.29, 0.717) is 10.7 Å². The second kappa shape index (κ2) is 5.39. The number of carbonyl (C=O) groups excluding carboxylic acids is 1. The number of hydrogen-bond acceptors (Lipinski definition) is 4. The van der Waals surface area contributed by atoms with Gasteiger partial charge in [0, 0.05) is 17.7 Å². The van der Waals surface area contributed by atoms with Crippen LogP contribution in [0.25, 0.3) is 0 Å². The lowest BCUT2D eigenvalue weighted by molar-refractivity contribution is -0.255. The molecule has 0 saturated heterocycles. The number of allylic oxidation sites excluding steroid dienone is 2. The smallest absolute Gasteiger partial charge is 0.0725 e. The number of aromatic carboxylic acids is 1. The standard InChI is InChI=1S/C18H15ClN2O2/c19-13-8-7-12(18(22)23)15-10-4-3-5-11(10)16(21-17(13)15)14-6-1-2-9-20-14/h1-4,6-11,16,21H,5H2,(H,22,23)/p-1/t10-,11+,16+/m1/s1. The molecule has 1 aromatic carbocycles. The van der Waals surface area contributed by atoms with Crippen molar-refractivity contribution in [3.8, 4) is 0 Å². The zero-order chi connectivity index (χ0) is 16.0. The first-order valence-corrected chi connectivity index (χ1v) is 7.92. The van der Waals surface area contributed by atoms with Crippen LogP contribution in [0.2, 0.25) is 5.02 Å². The second-order valence-corrected chi connectivity index (χ2v) is 6.31. The first-order chi connectivity index (χ1) is 11.2. The summed E-state index contributed by atoms with van der Waals surface area (Å²) in [5.74, 6) is -0.950. The zero-order valence-corrected chi connectivity index (χ0v) is 13.0. The molecule has 0 spiro atoms. The number of nitrogens with one attached hydrogen (secondary N) is 1. The Balaban J connectivity index is 1.89. The average Bonchev–Trinajstić information content (AvgIpc) is 3.05. The summed E-state index contributed by atoms with van der Waals surface area (Å²) in [5.41, 5.74) is 2.55. The van der Waals surface area contributed by atoms with Crippen LogP contribution in [0.3, 0.4) is 0 Å². The van der Waals surface area contributed by atoms with Gasteiger partial charge < -0.3 is 15.2 Å². The molecule has 2 heterocycles. The molecule has 0 unspecified atom stereocenters. The van der Waals surface area contributed by atoms with Crippen molar-refractivity contribution in [1.82, 2.24) is 4.98 Å². The fourth-order valence-electron chi connectivity index (χ4n) is 3.70. The van der Waals surface area contributed by atoms with Crippen LogP contribution in [0, 0.1) is 5.92 Å². The fraction of sp³-hybridized carbons (Fsp3) is 0.222. The molecule has 116 valence electrons. The summed E-state index contributed by atoms with van der Waals surface area (Å²) in [6.45, 7) is 0. The van der Waals surface area contributed by atoms with Crippen LogP contribution < -0.4 is 10.4 Å². The molecule has 23 heavy (non-hydrogen) atoms. The molecule has 2 aromatic rings. The van der Waals surface area contributed by atoms with E-state index in [4.69, 9.17) is 11.6 Å². The number of nitrogens with zero attached hydrogens (tertiary/aromatic N) is 1. The fourth-order valence-corrected chi connectivity index (χ4v) is 3.92. The Morgan fingerprint density at radius 2 is 2.17 bits per heavy atom. The molecule has 0 fully saturated rings.